The summed E-state index contributed by atoms with van der Waals surface area (Å²) < 4.78 is 0. The molecule has 0 aliphatic carbocycles. The molecule has 5 nitrogen and oxygen atoms in total. The van der Waals surface area contributed by atoms with Crippen molar-refractivity contribution in [3.05, 3.63) is 30.1 Å². The standard InChI is InChI=1S/C16H23N3O2/c1-2-3-4-8-15(20)18-10-12-19(13-11-18)16(21)14-7-5-6-9-17-14/h5-7,9H,2-4,8,10-13H2,1H3. The van der Waals surface area contributed by atoms with Gasteiger partial charge in [0.15, 0.2) is 0 Å². The zero-order valence-corrected chi connectivity index (χ0v) is 12.6. The molecule has 0 unspecified atom stereocenters. The fraction of sp³-hybridized carbons (Fsp3) is 0.562. The Morgan fingerprint density at radius 1 is 1.10 bits per heavy atom. The van der Waals surface area contributed by atoms with Crippen molar-refractivity contribution in [2.45, 2.75) is 32.6 Å². The van der Waals surface area contributed by atoms with Gasteiger partial charge in [-0.15, -0.1) is 0 Å². The van der Waals surface area contributed by atoms with Crippen LogP contribution < -0.4 is 0 Å². The summed E-state index contributed by atoms with van der Waals surface area (Å²) in [5, 5.41) is 0. The summed E-state index contributed by atoms with van der Waals surface area (Å²) in [6.07, 6.45) is 5.44. The average molecular weight is 289 g/mol. The number of rotatable bonds is 5. The third-order valence-corrected chi connectivity index (χ3v) is 3.80. The Morgan fingerprint density at radius 3 is 2.43 bits per heavy atom. The highest BCUT2D eigenvalue weighted by Gasteiger charge is 2.24. The van der Waals surface area contributed by atoms with Crippen LogP contribution in [0.1, 0.15) is 43.1 Å². The van der Waals surface area contributed by atoms with Crippen molar-refractivity contribution in [2.75, 3.05) is 26.2 Å². The van der Waals surface area contributed by atoms with Crippen LogP contribution in [0.4, 0.5) is 0 Å². The van der Waals surface area contributed by atoms with Crippen molar-refractivity contribution in [1.29, 1.82) is 0 Å². The molecule has 0 aromatic carbocycles. The third-order valence-electron chi connectivity index (χ3n) is 3.80. The molecular formula is C16H23N3O2. The Hall–Kier alpha value is -1.91. The minimum atomic E-state index is -0.0475. The van der Waals surface area contributed by atoms with Gasteiger partial charge in [-0.2, -0.15) is 0 Å². The van der Waals surface area contributed by atoms with Crippen LogP contribution >= 0.6 is 0 Å². The van der Waals surface area contributed by atoms with Gasteiger partial charge in [0.05, 0.1) is 0 Å². The fourth-order valence-electron chi connectivity index (χ4n) is 2.49. The molecule has 2 rings (SSSR count). The van der Waals surface area contributed by atoms with Crippen molar-refractivity contribution in [1.82, 2.24) is 14.8 Å². The van der Waals surface area contributed by atoms with E-state index in [1.54, 1.807) is 23.2 Å². The average Bonchev–Trinajstić information content (AvgIpc) is 2.55. The van der Waals surface area contributed by atoms with Gasteiger partial charge in [-0.05, 0) is 18.6 Å². The van der Waals surface area contributed by atoms with Crippen LogP contribution in [0.25, 0.3) is 0 Å². The Morgan fingerprint density at radius 2 is 1.81 bits per heavy atom. The van der Waals surface area contributed by atoms with Crippen LogP contribution in [0.5, 0.6) is 0 Å². The maximum atomic E-state index is 12.2. The number of carbonyl (C=O) groups is 2. The van der Waals surface area contributed by atoms with Crippen LogP contribution in [0.2, 0.25) is 0 Å². The molecule has 2 amide bonds. The number of piperazine rings is 1. The molecule has 0 N–H and O–H groups in total. The zero-order chi connectivity index (χ0) is 15.1. The van der Waals surface area contributed by atoms with E-state index in [1.165, 1.54) is 0 Å². The molecule has 0 saturated carbocycles. The molecule has 0 bridgehead atoms. The summed E-state index contributed by atoms with van der Waals surface area (Å²) in [6, 6.07) is 5.34. The predicted molar refractivity (Wildman–Crippen MR) is 80.9 cm³/mol. The lowest BCUT2D eigenvalue weighted by Gasteiger charge is -2.34. The topological polar surface area (TPSA) is 53.5 Å². The van der Waals surface area contributed by atoms with Crippen molar-refractivity contribution in [3.8, 4) is 0 Å². The third kappa shape index (κ3) is 4.28. The number of amides is 2. The minimum Gasteiger partial charge on any atom is -0.339 e. The van der Waals surface area contributed by atoms with Crippen molar-refractivity contribution < 1.29 is 9.59 Å². The lowest BCUT2D eigenvalue weighted by molar-refractivity contribution is -0.132. The summed E-state index contributed by atoms with van der Waals surface area (Å²) in [4.78, 5) is 32.0. The summed E-state index contributed by atoms with van der Waals surface area (Å²) in [7, 11) is 0. The van der Waals surface area contributed by atoms with Crippen molar-refractivity contribution in [2.24, 2.45) is 0 Å². The first-order valence-corrected chi connectivity index (χ1v) is 7.70. The van der Waals surface area contributed by atoms with E-state index >= 15 is 0 Å². The maximum Gasteiger partial charge on any atom is 0.272 e. The van der Waals surface area contributed by atoms with Gasteiger partial charge < -0.3 is 9.80 Å². The largest absolute Gasteiger partial charge is 0.339 e. The SMILES string of the molecule is CCCCCC(=O)N1CCN(C(=O)c2ccccn2)CC1. The highest BCUT2D eigenvalue weighted by molar-refractivity contribution is 5.92. The molecule has 0 atom stereocenters. The Balaban J connectivity index is 1.80. The minimum absolute atomic E-state index is 0.0475. The number of nitrogens with zero attached hydrogens (tertiary/aromatic N) is 3. The van der Waals surface area contributed by atoms with Gasteiger partial charge in [-0.1, -0.05) is 25.8 Å². The highest BCUT2D eigenvalue weighted by atomic mass is 16.2. The van der Waals surface area contributed by atoms with E-state index in [4.69, 9.17) is 0 Å². The van der Waals surface area contributed by atoms with Crippen LogP contribution in [0.3, 0.4) is 0 Å². The van der Waals surface area contributed by atoms with E-state index in [0.717, 1.165) is 19.3 Å². The predicted octanol–water partition coefficient (Wildman–Crippen LogP) is 1.95. The number of pyridine rings is 1. The van der Waals surface area contributed by atoms with Crippen LogP contribution in [-0.2, 0) is 4.79 Å². The first kappa shape index (κ1) is 15.5. The number of carbonyl (C=O) groups excluding carboxylic acids is 2. The second-order valence-corrected chi connectivity index (χ2v) is 5.35. The van der Waals surface area contributed by atoms with E-state index < -0.39 is 0 Å². The summed E-state index contributed by atoms with van der Waals surface area (Å²) in [5.41, 5.74) is 0.472. The smallest absolute Gasteiger partial charge is 0.272 e. The maximum absolute atomic E-state index is 12.2. The fourth-order valence-corrected chi connectivity index (χ4v) is 2.49. The molecule has 1 aliphatic heterocycles. The molecule has 5 heteroatoms. The number of hydrogen-bond acceptors (Lipinski definition) is 3. The lowest BCUT2D eigenvalue weighted by Crippen LogP contribution is -2.50. The Kier molecular flexibility index (Phi) is 5.72. The molecule has 1 aliphatic rings. The second-order valence-electron chi connectivity index (χ2n) is 5.35. The van der Waals surface area contributed by atoms with Gasteiger partial charge in [0.1, 0.15) is 5.69 Å². The summed E-state index contributed by atoms with van der Waals surface area (Å²) >= 11 is 0. The molecule has 1 saturated heterocycles. The molecular weight excluding hydrogens is 266 g/mol. The molecule has 0 radical (unpaired) electrons. The van der Waals surface area contributed by atoms with Gasteiger partial charge in [0, 0.05) is 38.8 Å². The first-order chi connectivity index (χ1) is 10.2. The molecule has 0 spiro atoms. The molecule has 2 heterocycles. The summed E-state index contributed by atoms with van der Waals surface area (Å²) in [5.74, 6) is 0.169. The lowest BCUT2D eigenvalue weighted by atomic mass is 10.2. The number of unbranched alkanes of at least 4 members (excludes halogenated alkanes) is 2. The van der Waals surface area contributed by atoms with Crippen LogP contribution in [0.15, 0.2) is 24.4 Å². The Labute approximate surface area is 126 Å². The zero-order valence-electron chi connectivity index (χ0n) is 12.6. The van der Waals surface area contributed by atoms with Gasteiger partial charge in [0.2, 0.25) is 5.91 Å². The van der Waals surface area contributed by atoms with Crippen LogP contribution in [0, 0.1) is 0 Å². The van der Waals surface area contributed by atoms with Gasteiger partial charge in [-0.25, -0.2) is 0 Å². The molecule has 21 heavy (non-hydrogen) atoms. The Bertz CT molecular complexity index is 468. The second kappa shape index (κ2) is 7.76. The summed E-state index contributed by atoms with van der Waals surface area (Å²) in [6.45, 7) is 4.57. The molecule has 114 valence electrons. The normalized spacial score (nSPS) is 15.1. The first-order valence-electron chi connectivity index (χ1n) is 7.70. The van der Waals surface area contributed by atoms with E-state index in [9.17, 15) is 9.59 Å². The van der Waals surface area contributed by atoms with Crippen molar-refractivity contribution in [3.63, 3.8) is 0 Å². The molecule has 1 aromatic heterocycles. The van der Waals surface area contributed by atoms with E-state index in [0.29, 0.717) is 38.3 Å². The highest BCUT2D eigenvalue weighted by Crippen LogP contribution is 2.09. The molecule has 1 fully saturated rings. The monoisotopic (exact) mass is 289 g/mol. The van der Waals surface area contributed by atoms with Crippen LogP contribution in [-0.4, -0.2) is 52.8 Å². The van der Waals surface area contributed by atoms with Gasteiger partial charge in [0.25, 0.3) is 5.91 Å². The van der Waals surface area contributed by atoms with E-state index in [-0.39, 0.29) is 11.8 Å². The number of hydrogen-bond donors (Lipinski definition) is 0. The molecule has 1 aromatic rings. The van der Waals surface area contributed by atoms with Gasteiger partial charge in [-0.3, -0.25) is 14.6 Å². The van der Waals surface area contributed by atoms with Crippen molar-refractivity contribution >= 4 is 11.8 Å². The number of aromatic nitrogens is 1. The quantitative estimate of drug-likeness (QED) is 0.779. The van der Waals surface area contributed by atoms with Gasteiger partial charge >= 0.3 is 0 Å². The van der Waals surface area contributed by atoms with E-state index in [2.05, 4.69) is 11.9 Å². The van der Waals surface area contributed by atoms with E-state index in [1.807, 2.05) is 11.0 Å².